The van der Waals surface area contributed by atoms with Gasteiger partial charge in [-0.2, -0.15) is 0 Å². The number of rotatable bonds is 0. The minimum Gasteiger partial charge on any atom is -0.510 e. The van der Waals surface area contributed by atoms with Gasteiger partial charge in [0.1, 0.15) is 22.8 Å². The highest BCUT2D eigenvalue weighted by Gasteiger charge is 2.50. The van der Waals surface area contributed by atoms with Gasteiger partial charge in [-0.25, -0.2) is 0 Å². The number of ether oxygens (including phenoxy) is 2. The number of hydrogen-bond acceptors (Lipinski definition) is 5. The molecule has 5 nitrogen and oxygen atoms in total. The molecule has 0 aromatic carbocycles. The summed E-state index contributed by atoms with van der Waals surface area (Å²) >= 11 is 6.46. The van der Waals surface area contributed by atoms with Crippen LogP contribution in [0.25, 0.3) is 0 Å². The summed E-state index contributed by atoms with van der Waals surface area (Å²) < 4.78 is 11.7. The van der Waals surface area contributed by atoms with Crippen LogP contribution >= 0.6 is 11.6 Å². The average Bonchev–Trinajstić information content (AvgIpc) is 2.72. The summed E-state index contributed by atoms with van der Waals surface area (Å²) in [6, 6.07) is 0. The van der Waals surface area contributed by atoms with Gasteiger partial charge in [-0.3, -0.25) is 9.59 Å². The van der Waals surface area contributed by atoms with E-state index in [1.807, 2.05) is 25.2 Å². The molecule has 1 saturated heterocycles. The molecular weight excluding hydrogens is 428 g/mol. The molecule has 32 heavy (non-hydrogen) atoms. The van der Waals surface area contributed by atoms with Crippen LogP contribution in [0.5, 0.6) is 0 Å². The van der Waals surface area contributed by atoms with Gasteiger partial charge in [-0.15, -0.1) is 0 Å². The first-order valence-corrected chi connectivity index (χ1v) is 11.8. The van der Waals surface area contributed by atoms with Crippen molar-refractivity contribution in [3.8, 4) is 0 Å². The molecule has 0 amide bonds. The Labute approximate surface area is 196 Å². The standard InChI is InChI=1S/C26H35ClO5/c1-14-9-7-8-10-15(2)31-25(30)16(3)23(28)22(27)24(29)21-19(14)12-11-18-13-26(5,6)32-17(4)20(18)21/h7-12,14-21,28H,13H2,1-6H3/b9-7-,10-8+,23-22+/t14-,15+,16+,17+,18-,19+,20-,21-/m1/s1. The largest absolute Gasteiger partial charge is 0.510 e. The number of Topliss-reactive ketones (excluding diaryl/α,β-unsaturated/α-hetero) is 1. The van der Waals surface area contributed by atoms with E-state index in [0.29, 0.717) is 0 Å². The van der Waals surface area contributed by atoms with E-state index in [1.54, 1.807) is 13.0 Å². The molecule has 1 N–H and O–H groups in total. The van der Waals surface area contributed by atoms with Crippen molar-refractivity contribution in [3.05, 3.63) is 47.2 Å². The number of fused-ring (bicyclic) bond motifs is 3. The van der Waals surface area contributed by atoms with Crippen LogP contribution in [0.4, 0.5) is 0 Å². The number of carbonyl (C=O) groups excluding carboxylic acids is 2. The van der Waals surface area contributed by atoms with Crippen LogP contribution in [0, 0.1) is 35.5 Å². The lowest BCUT2D eigenvalue weighted by Crippen LogP contribution is -2.52. The van der Waals surface area contributed by atoms with Gasteiger partial charge in [-0.05, 0) is 64.9 Å². The third-order valence-electron chi connectivity index (χ3n) is 7.00. The Morgan fingerprint density at radius 1 is 1.03 bits per heavy atom. The van der Waals surface area contributed by atoms with Gasteiger partial charge in [0.05, 0.1) is 11.7 Å². The summed E-state index contributed by atoms with van der Waals surface area (Å²) in [5, 5.41) is 10.4. The summed E-state index contributed by atoms with van der Waals surface area (Å²) in [4.78, 5) is 26.2. The Balaban J connectivity index is 2.10. The zero-order chi connectivity index (χ0) is 23.8. The molecule has 1 fully saturated rings. The molecule has 176 valence electrons. The Bertz CT molecular complexity index is 867. The number of ketones is 1. The molecule has 3 rings (SSSR count). The molecule has 2 heterocycles. The molecule has 8 atom stereocenters. The van der Waals surface area contributed by atoms with Crippen molar-refractivity contribution in [3.63, 3.8) is 0 Å². The van der Waals surface area contributed by atoms with Crippen molar-refractivity contribution in [1.82, 2.24) is 0 Å². The summed E-state index contributed by atoms with van der Waals surface area (Å²) in [5.74, 6) is -2.88. The number of cyclic esters (lactones) is 1. The SMILES string of the molecule is C[C@@H]1C(=O)O[C@@H](C)/C=C/C=C\[C@@H](C)[C@@H]2C=C[C@@H]3CC(C)(C)O[C@@H](C)[C@H]3[C@@H]2C(=O)/C(Cl)=C/1O. The van der Waals surface area contributed by atoms with E-state index in [0.717, 1.165) is 6.42 Å². The van der Waals surface area contributed by atoms with E-state index >= 15 is 0 Å². The van der Waals surface area contributed by atoms with Crippen LogP contribution in [0.1, 0.15) is 48.0 Å². The van der Waals surface area contributed by atoms with Gasteiger partial charge in [0.25, 0.3) is 0 Å². The first-order chi connectivity index (χ1) is 14.9. The van der Waals surface area contributed by atoms with Crippen LogP contribution in [0.3, 0.4) is 0 Å². The third kappa shape index (κ3) is 5.04. The molecule has 0 radical (unpaired) electrons. The minimum atomic E-state index is -1.04. The summed E-state index contributed by atoms with van der Waals surface area (Å²) in [5.41, 5.74) is -0.282. The summed E-state index contributed by atoms with van der Waals surface area (Å²) in [6.45, 7) is 11.5. The summed E-state index contributed by atoms with van der Waals surface area (Å²) in [6.07, 6.45) is 12.1. The predicted molar refractivity (Wildman–Crippen MR) is 125 cm³/mol. The Morgan fingerprint density at radius 3 is 2.38 bits per heavy atom. The lowest BCUT2D eigenvalue weighted by Gasteiger charge is -2.50. The van der Waals surface area contributed by atoms with Crippen molar-refractivity contribution in [1.29, 1.82) is 0 Å². The van der Waals surface area contributed by atoms with Crippen molar-refractivity contribution >= 4 is 23.4 Å². The second-order valence-corrected chi connectivity index (χ2v) is 10.5. The molecule has 2 aliphatic heterocycles. The second-order valence-electron chi connectivity index (χ2n) is 10.1. The lowest BCUT2D eigenvalue weighted by atomic mass is 9.60. The molecule has 1 aliphatic carbocycles. The number of aliphatic hydroxyl groups is 1. The summed E-state index contributed by atoms with van der Waals surface area (Å²) in [7, 11) is 0. The quantitative estimate of drug-likeness (QED) is 0.379. The van der Waals surface area contributed by atoms with Crippen LogP contribution < -0.4 is 0 Å². The van der Waals surface area contributed by atoms with Crippen LogP contribution in [0.15, 0.2) is 47.2 Å². The Hall–Kier alpha value is -1.85. The van der Waals surface area contributed by atoms with E-state index in [9.17, 15) is 14.7 Å². The number of halogens is 1. The van der Waals surface area contributed by atoms with Gasteiger partial charge < -0.3 is 14.6 Å². The van der Waals surface area contributed by atoms with Crippen molar-refractivity contribution in [2.45, 2.75) is 65.8 Å². The molecule has 3 aliphatic rings. The molecule has 6 heteroatoms. The molecule has 0 unspecified atom stereocenters. The second kappa shape index (κ2) is 9.56. The van der Waals surface area contributed by atoms with E-state index in [1.165, 1.54) is 6.92 Å². The van der Waals surface area contributed by atoms with E-state index < -0.39 is 29.7 Å². The Morgan fingerprint density at radius 2 is 1.69 bits per heavy atom. The van der Waals surface area contributed by atoms with Crippen molar-refractivity contribution < 1.29 is 24.2 Å². The van der Waals surface area contributed by atoms with Crippen molar-refractivity contribution in [2.24, 2.45) is 35.5 Å². The average molecular weight is 463 g/mol. The normalized spacial score (nSPS) is 44.6. The third-order valence-corrected chi connectivity index (χ3v) is 7.38. The molecule has 0 bridgehead atoms. The predicted octanol–water partition coefficient (Wildman–Crippen LogP) is 5.52. The number of aliphatic hydroxyl groups excluding tert-OH is 1. The number of carbonyl (C=O) groups is 2. The van der Waals surface area contributed by atoms with Gasteiger partial charge in [0.15, 0.2) is 5.78 Å². The highest BCUT2D eigenvalue weighted by molar-refractivity contribution is 6.43. The number of allylic oxidation sites excluding steroid dienone is 6. The monoisotopic (exact) mass is 462 g/mol. The zero-order valence-corrected chi connectivity index (χ0v) is 20.5. The van der Waals surface area contributed by atoms with Gasteiger partial charge in [0.2, 0.25) is 0 Å². The zero-order valence-electron chi connectivity index (χ0n) is 19.7. The highest BCUT2D eigenvalue weighted by Crippen LogP contribution is 2.49. The maximum Gasteiger partial charge on any atom is 0.316 e. The van der Waals surface area contributed by atoms with Crippen LogP contribution in [-0.4, -0.2) is 34.7 Å². The number of esters is 1. The highest BCUT2D eigenvalue weighted by atomic mass is 35.5. The minimum absolute atomic E-state index is 0.0535. The fraction of sp³-hybridized carbons (Fsp3) is 0.615. The molecule has 0 saturated carbocycles. The van der Waals surface area contributed by atoms with E-state index in [4.69, 9.17) is 21.1 Å². The Kier molecular flexibility index (Phi) is 7.41. The number of hydrogen-bond donors (Lipinski definition) is 1. The van der Waals surface area contributed by atoms with Gasteiger partial charge >= 0.3 is 5.97 Å². The molecule has 0 spiro atoms. The topological polar surface area (TPSA) is 72.8 Å². The fourth-order valence-electron chi connectivity index (χ4n) is 5.42. The van der Waals surface area contributed by atoms with E-state index in [-0.39, 0.29) is 46.2 Å². The van der Waals surface area contributed by atoms with E-state index in [2.05, 4.69) is 32.9 Å². The van der Waals surface area contributed by atoms with Crippen LogP contribution in [0.2, 0.25) is 0 Å². The van der Waals surface area contributed by atoms with Gasteiger partial charge in [-0.1, -0.05) is 48.9 Å². The van der Waals surface area contributed by atoms with Gasteiger partial charge in [0, 0.05) is 11.8 Å². The fourth-order valence-corrected chi connectivity index (χ4v) is 5.71. The van der Waals surface area contributed by atoms with Crippen molar-refractivity contribution in [2.75, 3.05) is 0 Å². The first kappa shape index (κ1) is 24.8. The molecule has 0 aromatic heterocycles. The smallest absolute Gasteiger partial charge is 0.316 e. The molecule has 0 aromatic rings. The first-order valence-electron chi connectivity index (χ1n) is 11.5. The molecular formula is C26H35ClO5. The maximum absolute atomic E-state index is 13.8. The van der Waals surface area contributed by atoms with Crippen LogP contribution in [-0.2, 0) is 19.1 Å². The maximum atomic E-state index is 13.8. The lowest BCUT2D eigenvalue weighted by molar-refractivity contribution is -0.166.